The van der Waals surface area contributed by atoms with Gasteiger partial charge in [-0.2, -0.15) is 0 Å². The minimum atomic E-state index is -0.638. The topological polar surface area (TPSA) is 56.2 Å². The molecule has 1 N–H and O–H groups in total. The molecule has 5 nitrogen and oxygen atoms in total. The lowest BCUT2D eigenvalue weighted by atomic mass is 9.73. The number of halogens is 1. The van der Waals surface area contributed by atoms with E-state index in [-0.39, 0.29) is 17.8 Å². The SMILES string of the molecule is O=C(N[C@@H]1CCc2nccn2C1)C1(c2ccc(F)cc2)CCOCC1. The van der Waals surface area contributed by atoms with Crippen molar-refractivity contribution in [3.05, 3.63) is 53.9 Å². The van der Waals surface area contributed by atoms with E-state index in [2.05, 4.69) is 14.9 Å². The van der Waals surface area contributed by atoms with E-state index in [4.69, 9.17) is 4.74 Å². The largest absolute Gasteiger partial charge is 0.381 e. The molecular formula is C19H22FN3O2. The first-order valence-corrected chi connectivity index (χ1v) is 8.82. The highest BCUT2D eigenvalue weighted by molar-refractivity contribution is 5.88. The second-order valence-electron chi connectivity index (χ2n) is 6.91. The van der Waals surface area contributed by atoms with Crippen LogP contribution in [0.2, 0.25) is 0 Å². The van der Waals surface area contributed by atoms with Gasteiger partial charge in [0.25, 0.3) is 0 Å². The van der Waals surface area contributed by atoms with Gasteiger partial charge in [0, 0.05) is 44.6 Å². The van der Waals surface area contributed by atoms with E-state index in [1.165, 1.54) is 12.1 Å². The van der Waals surface area contributed by atoms with E-state index in [0.29, 0.717) is 26.1 Å². The van der Waals surface area contributed by atoms with Gasteiger partial charge in [-0.3, -0.25) is 4.79 Å². The van der Waals surface area contributed by atoms with Gasteiger partial charge in [-0.05, 0) is 37.0 Å². The van der Waals surface area contributed by atoms with Crippen LogP contribution in [0.15, 0.2) is 36.7 Å². The van der Waals surface area contributed by atoms with Crippen molar-refractivity contribution in [2.75, 3.05) is 13.2 Å². The predicted octanol–water partition coefficient (Wildman–Crippen LogP) is 2.20. The predicted molar refractivity (Wildman–Crippen MR) is 90.6 cm³/mol. The second kappa shape index (κ2) is 6.59. The first-order valence-electron chi connectivity index (χ1n) is 8.82. The summed E-state index contributed by atoms with van der Waals surface area (Å²) in [5.74, 6) is 0.812. The summed E-state index contributed by atoms with van der Waals surface area (Å²) in [6.45, 7) is 1.83. The lowest BCUT2D eigenvalue weighted by molar-refractivity contribution is -0.131. The zero-order valence-electron chi connectivity index (χ0n) is 14.1. The fourth-order valence-corrected chi connectivity index (χ4v) is 3.94. The molecule has 2 aromatic rings. The van der Waals surface area contributed by atoms with E-state index in [9.17, 15) is 9.18 Å². The zero-order valence-corrected chi connectivity index (χ0v) is 14.1. The average molecular weight is 343 g/mol. The number of hydrogen-bond acceptors (Lipinski definition) is 3. The molecule has 6 heteroatoms. The molecule has 1 saturated heterocycles. The molecule has 0 spiro atoms. The molecule has 0 aliphatic carbocycles. The van der Waals surface area contributed by atoms with Gasteiger partial charge in [0.2, 0.25) is 5.91 Å². The molecule has 3 heterocycles. The Balaban J connectivity index is 1.55. The maximum Gasteiger partial charge on any atom is 0.231 e. The lowest BCUT2D eigenvalue weighted by Crippen LogP contribution is -2.52. The maximum absolute atomic E-state index is 13.3. The van der Waals surface area contributed by atoms with E-state index >= 15 is 0 Å². The van der Waals surface area contributed by atoms with Gasteiger partial charge in [-0.15, -0.1) is 0 Å². The maximum atomic E-state index is 13.3. The third-order valence-corrected chi connectivity index (χ3v) is 5.45. The molecule has 1 fully saturated rings. The van der Waals surface area contributed by atoms with Crippen molar-refractivity contribution in [3.63, 3.8) is 0 Å². The summed E-state index contributed by atoms with van der Waals surface area (Å²) in [7, 11) is 0. The number of amides is 1. The summed E-state index contributed by atoms with van der Waals surface area (Å²) in [5, 5.41) is 3.24. The highest BCUT2D eigenvalue weighted by Gasteiger charge is 2.42. The highest BCUT2D eigenvalue weighted by atomic mass is 19.1. The van der Waals surface area contributed by atoms with E-state index < -0.39 is 5.41 Å². The fourth-order valence-electron chi connectivity index (χ4n) is 3.94. The number of nitrogens with zero attached hydrogens (tertiary/aromatic N) is 2. The van der Waals surface area contributed by atoms with Crippen molar-refractivity contribution in [2.24, 2.45) is 0 Å². The molecule has 25 heavy (non-hydrogen) atoms. The van der Waals surface area contributed by atoms with Gasteiger partial charge in [0.15, 0.2) is 0 Å². The summed E-state index contributed by atoms with van der Waals surface area (Å²) in [5.41, 5.74) is 0.232. The van der Waals surface area contributed by atoms with Crippen molar-refractivity contribution >= 4 is 5.91 Å². The first kappa shape index (κ1) is 16.3. The van der Waals surface area contributed by atoms with Crippen LogP contribution in [0.25, 0.3) is 0 Å². The smallest absolute Gasteiger partial charge is 0.231 e. The van der Waals surface area contributed by atoms with Crippen molar-refractivity contribution in [3.8, 4) is 0 Å². The van der Waals surface area contributed by atoms with Crippen LogP contribution in [0.4, 0.5) is 4.39 Å². The Bertz CT molecular complexity index is 750. The van der Waals surface area contributed by atoms with Gasteiger partial charge < -0.3 is 14.6 Å². The molecule has 1 atom stereocenters. The number of nitrogens with one attached hydrogen (secondary N) is 1. The normalized spacial score (nSPS) is 22.2. The molecular weight excluding hydrogens is 321 g/mol. The van der Waals surface area contributed by atoms with Gasteiger partial charge >= 0.3 is 0 Å². The van der Waals surface area contributed by atoms with E-state index in [0.717, 1.165) is 30.8 Å². The molecule has 2 aliphatic rings. The van der Waals surface area contributed by atoms with Gasteiger partial charge in [0.1, 0.15) is 11.6 Å². The van der Waals surface area contributed by atoms with E-state index in [1.54, 1.807) is 18.3 Å². The molecule has 0 radical (unpaired) electrons. The Hall–Kier alpha value is -2.21. The minimum Gasteiger partial charge on any atom is -0.381 e. The van der Waals surface area contributed by atoms with Gasteiger partial charge in [-0.1, -0.05) is 12.1 Å². The molecule has 0 unspecified atom stereocenters. The summed E-state index contributed by atoms with van der Waals surface area (Å²) in [4.78, 5) is 17.6. The Kier molecular flexibility index (Phi) is 4.29. The molecule has 1 aromatic carbocycles. The molecule has 0 bridgehead atoms. The number of imidazole rings is 1. The van der Waals surface area contributed by atoms with Gasteiger partial charge in [-0.25, -0.2) is 9.37 Å². The minimum absolute atomic E-state index is 0.0240. The number of carbonyl (C=O) groups is 1. The highest BCUT2D eigenvalue weighted by Crippen LogP contribution is 2.35. The molecule has 4 rings (SSSR count). The molecule has 0 saturated carbocycles. The van der Waals surface area contributed by atoms with Crippen LogP contribution in [-0.2, 0) is 27.9 Å². The summed E-state index contributed by atoms with van der Waals surface area (Å²) in [6, 6.07) is 6.41. The number of aromatic nitrogens is 2. The fraction of sp³-hybridized carbons (Fsp3) is 0.474. The number of fused-ring (bicyclic) bond motifs is 1. The van der Waals surface area contributed by atoms with Gasteiger partial charge in [0.05, 0.1) is 5.41 Å². The van der Waals surface area contributed by atoms with Crippen molar-refractivity contribution in [1.29, 1.82) is 0 Å². The zero-order chi connectivity index (χ0) is 17.3. The lowest BCUT2D eigenvalue weighted by Gasteiger charge is -2.38. The monoisotopic (exact) mass is 343 g/mol. The number of carbonyl (C=O) groups excluding carboxylic acids is 1. The Labute approximate surface area is 146 Å². The number of rotatable bonds is 3. The molecule has 2 aliphatic heterocycles. The Morgan fingerprint density at radius 3 is 2.80 bits per heavy atom. The number of benzene rings is 1. The van der Waals surface area contributed by atoms with Crippen molar-refractivity contribution in [2.45, 2.75) is 43.7 Å². The summed E-state index contributed by atoms with van der Waals surface area (Å²) >= 11 is 0. The Morgan fingerprint density at radius 1 is 1.28 bits per heavy atom. The molecule has 1 aromatic heterocycles. The Morgan fingerprint density at radius 2 is 2.04 bits per heavy atom. The van der Waals surface area contributed by atoms with E-state index in [1.807, 2.05) is 6.20 Å². The van der Waals surface area contributed by atoms with Crippen LogP contribution in [0.1, 0.15) is 30.7 Å². The number of ether oxygens (including phenoxy) is 1. The third kappa shape index (κ3) is 3.06. The van der Waals surface area contributed by atoms with Crippen LogP contribution in [0.5, 0.6) is 0 Å². The second-order valence-corrected chi connectivity index (χ2v) is 6.91. The molecule has 1 amide bonds. The van der Waals surface area contributed by atoms with Crippen LogP contribution >= 0.6 is 0 Å². The summed E-state index contributed by atoms with van der Waals surface area (Å²) < 4.78 is 20.9. The quantitative estimate of drug-likeness (QED) is 0.930. The number of aryl methyl sites for hydroxylation is 1. The average Bonchev–Trinajstić information content (AvgIpc) is 3.10. The third-order valence-electron chi connectivity index (χ3n) is 5.45. The molecule has 132 valence electrons. The number of hydrogen-bond donors (Lipinski definition) is 1. The van der Waals surface area contributed by atoms with Crippen LogP contribution in [0, 0.1) is 5.82 Å². The van der Waals surface area contributed by atoms with Crippen molar-refractivity contribution < 1.29 is 13.9 Å². The summed E-state index contributed by atoms with van der Waals surface area (Å²) in [6.07, 6.45) is 6.75. The first-order chi connectivity index (χ1) is 12.2. The standard InChI is InChI=1S/C19H22FN3O2/c20-15-3-1-14(2-4-15)19(7-11-25-12-8-19)18(24)22-16-5-6-17-21-9-10-23(17)13-16/h1-4,9-10,16H,5-8,11-13H2,(H,22,24)/t16-/m1/s1. The van der Waals surface area contributed by atoms with Crippen LogP contribution in [0.3, 0.4) is 0 Å². The van der Waals surface area contributed by atoms with Crippen molar-refractivity contribution in [1.82, 2.24) is 14.9 Å². The van der Waals surface area contributed by atoms with Crippen LogP contribution in [-0.4, -0.2) is 34.7 Å². The van der Waals surface area contributed by atoms with Crippen LogP contribution < -0.4 is 5.32 Å².